The molecule has 0 bridgehead atoms. The molecule has 0 spiro atoms. The van der Waals surface area contributed by atoms with Crippen LogP contribution >= 0.6 is 11.6 Å². The van der Waals surface area contributed by atoms with Gasteiger partial charge >= 0.3 is 0 Å². The predicted octanol–water partition coefficient (Wildman–Crippen LogP) is 4.23. The van der Waals surface area contributed by atoms with Gasteiger partial charge in [-0.3, -0.25) is 0 Å². The summed E-state index contributed by atoms with van der Waals surface area (Å²) in [6.45, 7) is 0. The number of anilines is 2. The minimum atomic E-state index is -0.960. The summed E-state index contributed by atoms with van der Waals surface area (Å²) in [5.74, 6) is -1.89. The highest BCUT2D eigenvalue weighted by Crippen LogP contribution is 2.25. The standard InChI is InChI=1S/C13H7ClF2N2/c14-10-6-9(5-4-8(10)7-17)18-12-3-1-2-11(15)13(12)16/h1-6,18H. The van der Waals surface area contributed by atoms with Crippen LogP contribution in [0, 0.1) is 23.0 Å². The lowest BCUT2D eigenvalue weighted by molar-refractivity contribution is 0.512. The number of hydrogen-bond acceptors (Lipinski definition) is 2. The van der Waals surface area contributed by atoms with E-state index in [0.717, 1.165) is 6.07 Å². The van der Waals surface area contributed by atoms with E-state index in [0.29, 0.717) is 11.3 Å². The largest absolute Gasteiger partial charge is 0.353 e. The smallest absolute Gasteiger partial charge is 0.182 e. The molecule has 0 unspecified atom stereocenters. The molecule has 0 aliphatic rings. The van der Waals surface area contributed by atoms with Crippen molar-refractivity contribution in [3.8, 4) is 6.07 Å². The third-order valence-electron chi connectivity index (χ3n) is 2.32. The van der Waals surface area contributed by atoms with Gasteiger partial charge in [-0.25, -0.2) is 8.78 Å². The monoisotopic (exact) mass is 264 g/mol. The van der Waals surface area contributed by atoms with E-state index in [9.17, 15) is 8.78 Å². The van der Waals surface area contributed by atoms with E-state index in [1.54, 1.807) is 6.07 Å². The Morgan fingerprint density at radius 3 is 2.61 bits per heavy atom. The molecule has 2 aromatic carbocycles. The predicted molar refractivity (Wildman–Crippen MR) is 65.8 cm³/mol. The van der Waals surface area contributed by atoms with E-state index >= 15 is 0 Å². The molecule has 0 heterocycles. The molecule has 0 aliphatic heterocycles. The highest BCUT2D eigenvalue weighted by molar-refractivity contribution is 6.32. The van der Waals surface area contributed by atoms with Crippen molar-refractivity contribution in [2.75, 3.05) is 5.32 Å². The zero-order valence-electron chi connectivity index (χ0n) is 9.05. The van der Waals surface area contributed by atoms with E-state index in [-0.39, 0.29) is 10.7 Å². The number of rotatable bonds is 2. The second kappa shape index (κ2) is 5.03. The van der Waals surface area contributed by atoms with Crippen molar-refractivity contribution < 1.29 is 8.78 Å². The van der Waals surface area contributed by atoms with Crippen molar-refractivity contribution in [3.63, 3.8) is 0 Å². The Labute approximate surface area is 107 Å². The zero-order valence-corrected chi connectivity index (χ0v) is 9.80. The van der Waals surface area contributed by atoms with Crippen LogP contribution in [-0.4, -0.2) is 0 Å². The Hall–Kier alpha value is -2.12. The van der Waals surface area contributed by atoms with Crippen molar-refractivity contribution in [1.82, 2.24) is 0 Å². The van der Waals surface area contributed by atoms with Gasteiger partial charge in [0.2, 0.25) is 0 Å². The van der Waals surface area contributed by atoms with Gasteiger partial charge in [0.15, 0.2) is 11.6 Å². The van der Waals surface area contributed by atoms with Crippen molar-refractivity contribution >= 4 is 23.0 Å². The molecule has 2 nitrogen and oxygen atoms in total. The number of nitriles is 1. The van der Waals surface area contributed by atoms with Crippen LogP contribution in [0.2, 0.25) is 5.02 Å². The van der Waals surface area contributed by atoms with Crippen LogP contribution in [0.1, 0.15) is 5.56 Å². The lowest BCUT2D eigenvalue weighted by atomic mass is 10.2. The Morgan fingerprint density at radius 1 is 1.17 bits per heavy atom. The molecule has 18 heavy (non-hydrogen) atoms. The third kappa shape index (κ3) is 2.41. The number of benzene rings is 2. The first-order chi connectivity index (χ1) is 8.61. The van der Waals surface area contributed by atoms with Crippen LogP contribution in [0.25, 0.3) is 0 Å². The highest BCUT2D eigenvalue weighted by Gasteiger charge is 2.08. The molecule has 5 heteroatoms. The average molecular weight is 265 g/mol. The van der Waals surface area contributed by atoms with Crippen molar-refractivity contribution in [2.24, 2.45) is 0 Å². The SMILES string of the molecule is N#Cc1ccc(Nc2cccc(F)c2F)cc1Cl. The molecule has 0 aliphatic carbocycles. The number of halogens is 3. The molecule has 90 valence electrons. The van der Waals surface area contributed by atoms with Crippen LogP contribution in [0.3, 0.4) is 0 Å². The second-order valence-corrected chi connectivity index (χ2v) is 3.94. The molecular formula is C13H7ClF2N2. The minimum absolute atomic E-state index is 0.00998. The maximum absolute atomic E-state index is 13.4. The first-order valence-electron chi connectivity index (χ1n) is 5.02. The topological polar surface area (TPSA) is 35.8 Å². The van der Waals surface area contributed by atoms with Gasteiger partial charge in [0.25, 0.3) is 0 Å². The summed E-state index contributed by atoms with van der Waals surface area (Å²) in [5.41, 5.74) is 0.807. The zero-order chi connectivity index (χ0) is 13.1. The van der Waals surface area contributed by atoms with Crippen LogP contribution in [-0.2, 0) is 0 Å². The van der Waals surface area contributed by atoms with Crippen molar-refractivity contribution in [1.29, 1.82) is 5.26 Å². The minimum Gasteiger partial charge on any atom is -0.353 e. The lowest BCUT2D eigenvalue weighted by Crippen LogP contribution is -1.96. The van der Waals surface area contributed by atoms with E-state index < -0.39 is 11.6 Å². The Bertz CT molecular complexity index is 635. The van der Waals surface area contributed by atoms with Gasteiger partial charge in [0.05, 0.1) is 16.3 Å². The molecule has 0 atom stereocenters. The fourth-order valence-electron chi connectivity index (χ4n) is 1.44. The van der Waals surface area contributed by atoms with Crippen LogP contribution < -0.4 is 5.32 Å². The molecule has 0 aromatic heterocycles. The molecular weight excluding hydrogens is 258 g/mol. The highest BCUT2D eigenvalue weighted by atomic mass is 35.5. The Morgan fingerprint density at radius 2 is 1.94 bits per heavy atom. The maximum Gasteiger partial charge on any atom is 0.182 e. The van der Waals surface area contributed by atoms with Gasteiger partial charge < -0.3 is 5.32 Å². The van der Waals surface area contributed by atoms with E-state index in [1.807, 2.05) is 6.07 Å². The van der Waals surface area contributed by atoms with Crippen molar-refractivity contribution in [2.45, 2.75) is 0 Å². The number of nitrogens with one attached hydrogen (secondary N) is 1. The van der Waals surface area contributed by atoms with Gasteiger partial charge in [-0.15, -0.1) is 0 Å². The molecule has 0 amide bonds. The van der Waals surface area contributed by atoms with Crippen LogP contribution in [0.4, 0.5) is 20.2 Å². The summed E-state index contributed by atoms with van der Waals surface area (Å²) < 4.78 is 26.4. The maximum atomic E-state index is 13.4. The average Bonchev–Trinajstić information content (AvgIpc) is 2.35. The summed E-state index contributed by atoms with van der Waals surface area (Å²) in [6, 6.07) is 10.3. The quantitative estimate of drug-likeness (QED) is 0.881. The van der Waals surface area contributed by atoms with E-state index in [2.05, 4.69) is 5.32 Å². The summed E-state index contributed by atoms with van der Waals surface area (Å²) in [6.07, 6.45) is 0. The normalized spacial score (nSPS) is 9.89. The summed E-state index contributed by atoms with van der Waals surface area (Å²) in [4.78, 5) is 0. The van der Waals surface area contributed by atoms with Crippen molar-refractivity contribution in [3.05, 3.63) is 58.6 Å². The summed E-state index contributed by atoms with van der Waals surface area (Å²) in [7, 11) is 0. The molecule has 0 saturated carbocycles. The second-order valence-electron chi connectivity index (χ2n) is 3.53. The van der Waals surface area contributed by atoms with Gasteiger partial charge in [-0.2, -0.15) is 5.26 Å². The van der Waals surface area contributed by atoms with Gasteiger partial charge in [0, 0.05) is 5.69 Å². The molecule has 2 aromatic rings. The van der Waals surface area contributed by atoms with Gasteiger partial charge in [0.1, 0.15) is 6.07 Å². The van der Waals surface area contributed by atoms with Crippen LogP contribution in [0.5, 0.6) is 0 Å². The Balaban J connectivity index is 2.32. The van der Waals surface area contributed by atoms with Gasteiger partial charge in [-0.1, -0.05) is 17.7 Å². The molecule has 0 saturated heterocycles. The van der Waals surface area contributed by atoms with Gasteiger partial charge in [-0.05, 0) is 30.3 Å². The first kappa shape index (κ1) is 12.3. The Kier molecular flexibility index (Phi) is 3.45. The summed E-state index contributed by atoms with van der Waals surface area (Å²) >= 11 is 5.84. The molecule has 1 N–H and O–H groups in total. The number of hydrogen-bond donors (Lipinski definition) is 1. The fourth-order valence-corrected chi connectivity index (χ4v) is 1.66. The summed E-state index contributed by atoms with van der Waals surface area (Å²) in [5, 5.41) is 11.7. The molecule has 2 rings (SSSR count). The number of nitrogens with zero attached hydrogens (tertiary/aromatic N) is 1. The molecule has 0 fully saturated rings. The van der Waals surface area contributed by atoms with Crippen LogP contribution in [0.15, 0.2) is 36.4 Å². The first-order valence-corrected chi connectivity index (χ1v) is 5.40. The third-order valence-corrected chi connectivity index (χ3v) is 2.63. The van der Waals surface area contributed by atoms with E-state index in [4.69, 9.17) is 16.9 Å². The fraction of sp³-hybridized carbons (Fsp3) is 0. The molecule has 0 radical (unpaired) electrons. The lowest BCUT2D eigenvalue weighted by Gasteiger charge is -2.08. The van der Waals surface area contributed by atoms with E-state index in [1.165, 1.54) is 24.3 Å².